The number of rotatable bonds is 10. The Labute approximate surface area is 197 Å². The van der Waals surface area contributed by atoms with Gasteiger partial charge in [0.25, 0.3) is 5.56 Å². The van der Waals surface area contributed by atoms with E-state index in [9.17, 15) is 9.59 Å². The third-order valence-electron chi connectivity index (χ3n) is 4.92. The van der Waals surface area contributed by atoms with Crippen molar-refractivity contribution in [1.82, 2.24) is 9.55 Å². The Bertz CT molecular complexity index is 1190. The fourth-order valence-corrected chi connectivity index (χ4v) is 3.47. The molecule has 0 aliphatic carbocycles. The topological polar surface area (TPSA) is 91.7 Å². The first kappa shape index (κ1) is 24.4. The highest BCUT2D eigenvalue weighted by atomic mass is 35.5. The third kappa shape index (κ3) is 6.16. The van der Waals surface area contributed by atoms with Crippen LogP contribution in [-0.4, -0.2) is 36.3 Å². The molecule has 0 aliphatic rings. The molecule has 0 unspecified atom stereocenters. The summed E-state index contributed by atoms with van der Waals surface area (Å²) in [6.07, 6.45) is 2.18. The molecule has 9 heteroatoms. The highest BCUT2D eigenvalue weighted by Crippen LogP contribution is 2.30. The Hall–Kier alpha value is -3.26. The van der Waals surface area contributed by atoms with Crippen molar-refractivity contribution in [3.05, 3.63) is 52.0 Å². The van der Waals surface area contributed by atoms with Crippen molar-refractivity contribution in [3.8, 4) is 17.2 Å². The van der Waals surface area contributed by atoms with Crippen molar-refractivity contribution in [2.45, 2.75) is 33.2 Å². The van der Waals surface area contributed by atoms with E-state index >= 15 is 0 Å². The van der Waals surface area contributed by atoms with E-state index in [1.165, 1.54) is 25.1 Å². The predicted molar refractivity (Wildman–Crippen MR) is 129 cm³/mol. The van der Waals surface area contributed by atoms with Crippen LogP contribution in [0.3, 0.4) is 0 Å². The number of anilines is 1. The molecule has 0 saturated carbocycles. The van der Waals surface area contributed by atoms with Crippen molar-refractivity contribution in [2.24, 2.45) is 5.92 Å². The highest BCUT2D eigenvalue weighted by Gasteiger charge is 2.12. The van der Waals surface area contributed by atoms with Gasteiger partial charge in [0.15, 0.2) is 11.5 Å². The van der Waals surface area contributed by atoms with Crippen LogP contribution in [0.1, 0.15) is 26.7 Å². The number of fused-ring (bicyclic) bond motifs is 1. The molecule has 0 spiro atoms. The molecule has 1 amide bonds. The van der Waals surface area contributed by atoms with Crippen LogP contribution in [0.2, 0.25) is 5.02 Å². The van der Waals surface area contributed by atoms with Crippen molar-refractivity contribution in [2.75, 3.05) is 26.1 Å². The molecule has 0 bridgehead atoms. The van der Waals surface area contributed by atoms with Gasteiger partial charge < -0.3 is 19.5 Å². The first-order valence-corrected chi connectivity index (χ1v) is 11.0. The van der Waals surface area contributed by atoms with Crippen LogP contribution in [0.4, 0.5) is 5.69 Å². The molecule has 1 heterocycles. The number of aromatic nitrogens is 2. The molecule has 33 heavy (non-hydrogen) atoms. The van der Waals surface area contributed by atoms with E-state index in [0.29, 0.717) is 64.4 Å². The number of methoxy groups -OCH3 is 2. The second kappa shape index (κ2) is 11.0. The zero-order valence-corrected chi connectivity index (χ0v) is 19.9. The fourth-order valence-electron chi connectivity index (χ4n) is 3.23. The first-order valence-electron chi connectivity index (χ1n) is 10.7. The highest BCUT2D eigenvalue weighted by molar-refractivity contribution is 6.32. The SMILES string of the molecule is COc1cc2ncn(CCCC(=O)Nc3ccc(OCC(C)C)c(Cl)c3)c(=O)c2cc1OC. The lowest BCUT2D eigenvalue weighted by Crippen LogP contribution is -2.22. The molecule has 2 aromatic carbocycles. The summed E-state index contributed by atoms with van der Waals surface area (Å²) in [4.78, 5) is 29.5. The Morgan fingerprint density at radius 2 is 1.85 bits per heavy atom. The van der Waals surface area contributed by atoms with Gasteiger partial charge in [0, 0.05) is 24.7 Å². The number of aryl methyl sites for hydroxylation is 1. The van der Waals surface area contributed by atoms with Gasteiger partial charge in [-0.25, -0.2) is 4.98 Å². The summed E-state index contributed by atoms with van der Waals surface area (Å²) in [5.74, 6) is 1.76. The first-order chi connectivity index (χ1) is 15.8. The van der Waals surface area contributed by atoms with Crippen molar-refractivity contribution >= 4 is 34.1 Å². The smallest absolute Gasteiger partial charge is 0.261 e. The Morgan fingerprint density at radius 3 is 2.52 bits per heavy atom. The van der Waals surface area contributed by atoms with Gasteiger partial charge in [-0.05, 0) is 36.6 Å². The third-order valence-corrected chi connectivity index (χ3v) is 5.22. The quantitative estimate of drug-likeness (QED) is 0.465. The molecule has 0 saturated heterocycles. The summed E-state index contributed by atoms with van der Waals surface area (Å²) < 4.78 is 17.7. The number of hydrogen-bond donors (Lipinski definition) is 1. The number of carbonyl (C=O) groups excluding carboxylic acids is 1. The molecule has 0 aliphatic heterocycles. The summed E-state index contributed by atoms with van der Waals surface area (Å²) in [6, 6.07) is 8.43. The maximum atomic E-state index is 12.8. The average Bonchev–Trinajstić information content (AvgIpc) is 2.79. The zero-order valence-electron chi connectivity index (χ0n) is 19.2. The molecule has 1 aromatic heterocycles. The number of halogens is 1. The number of ether oxygens (including phenoxy) is 3. The van der Waals surface area contributed by atoms with Crippen LogP contribution in [0.15, 0.2) is 41.5 Å². The van der Waals surface area contributed by atoms with Crippen LogP contribution in [0, 0.1) is 5.92 Å². The van der Waals surface area contributed by atoms with Crippen molar-refractivity contribution in [3.63, 3.8) is 0 Å². The van der Waals surface area contributed by atoms with Crippen LogP contribution < -0.4 is 25.1 Å². The number of carbonyl (C=O) groups is 1. The van der Waals surface area contributed by atoms with E-state index < -0.39 is 0 Å². The number of nitrogens with one attached hydrogen (secondary N) is 1. The summed E-state index contributed by atoms with van der Waals surface area (Å²) in [7, 11) is 3.04. The van der Waals surface area contributed by atoms with Crippen LogP contribution in [0.25, 0.3) is 10.9 Å². The lowest BCUT2D eigenvalue weighted by atomic mass is 10.2. The lowest BCUT2D eigenvalue weighted by Gasteiger charge is -2.12. The van der Waals surface area contributed by atoms with Gasteiger partial charge in [-0.1, -0.05) is 25.4 Å². The molecule has 3 rings (SSSR count). The number of amides is 1. The van der Waals surface area contributed by atoms with Gasteiger partial charge in [-0.3, -0.25) is 14.2 Å². The molecule has 0 atom stereocenters. The normalized spacial score (nSPS) is 11.0. The standard InChI is InChI=1S/C24H28ClN3O5/c1-15(2)13-33-20-8-7-16(10-18(20)25)27-23(29)6-5-9-28-14-26-19-12-22(32-4)21(31-3)11-17(19)24(28)30/h7-8,10-12,14-15H,5-6,9,13H2,1-4H3,(H,27,29). The van der Waals surface area contributed by atoms with Crippen molar-refractivity contribution < 1.29 is 19.0 Å². The molecule has 8 nitrogen and oxygen atoms in total. The van der Waals surface area contributed by atoms with Gasteiger partial charge in [-0.15, -0.1) is 0 Å². The van der Waals surface area contributed by atoms with Crippen LogP contribution >= 0.6 is 11.6 Å². The van der Waals surface area contributed by atoms with Gasteiger partial charge in [0.2, 0.25) is 5.91 Å². The van der Waals surface area contributed by atoms with E-state index in [2.05, 4.69) is 24.1 Å². The Morgan fingerprint density at radius 1 is 1.12 bits per heavy atom. The summed E-state index contributed by atoms with van der Waals surface area (Å²) in [5.41, 5.74) is 0.905. The predicted octanol–water partition coefficient (Wildman–Crippen LogP) is 4.52. The van der Waals surface area contributed by atoms with Crippen molar-refractivity contribution in [1.29, 1.82) is 0 Å². The van der Waals surface area contributed by atoms with E-state index in [4.69, 9.17) is 25.8 Å². The average molecular weight is 474 g/mol. The van der Waals surface area contributed by atoms with Gasteiger partial charge in [-0.2, -0.15) is 0 Å². The maximum Gasteiger partial charge on any atom is 0.261 e. The lowest BCUT2D eigenvalue weighted by molar-refractivity contribution is -0.116. The zero-order chi connectivity index (χ0) is 24.0. The van der Waals surface area contributed by atoms with Crippen LogP contribution in [0.5, 0.6) is 17.2 Å². The summed E-state index contributed by atoms with van der Waals surface area (Å²) in [6.45, 7) is 5.03. The largest absolute Gasteiger partial charge is 0.493 e. The van der Waals surface area contributed by atoms with Gasteiger partial charge in [0.05, 0.1) is 43.1 Å². The van der Waals surface area contributed by atoms with Gasteiger partial charge in [0.1, 0.15) is 5.75 Å². The minimum Gasteiger partial charge on any atom is -0.493 e. The number of benzene rings is 2. The van der Waals surface area contributed by atoms with Crippen LogP contribution in [-0.2, 0) is 11.3 Å². The molecular weight excluding hydrogens is 446 g/mol. The van der Waals surface area contributed by atoms with E-state index in [1.54, 1.807) is 30.3 Å². The van der Waals surface area contributed by atoms with E-state index in [-0.39, 0.29) is 17.9 Å². The van der Waals surface area contributed by atoms with E-state index in [0.717, 1.165) is 0 Å². The van der Waals surface area contributed by atoms with Gasteiger partial charge >= 0.3 is 0 Å². The molecule has 1 N–H and O–H groups in total. The minimum atomic E-state index is -0.204. The second-order valence-electron chi connectivity index (χ2n) is 7.97. The molecular formula is C24H28ClN3O5. The second-order valence-corrected chi connectivity index (χ2v) is 8.38. The fraction of sp³-hybridized carbons (Fsp3) is 0.375. The van der Waals surface area contributed by atoms with E-state index in [1.807, 2.05) is 0 Å². The number of hydrogen-bond acceptors (Lipinski definition) is 6. The molecule has 176 valence electrons. The Balaban J connectivity index is 1.60. The summed E-state index contributed by atoms with van der Waals surface area (Å²) >= 11 is 6.25. The molecule has 0 fully saturated rings. The minimum absolute atomic E-state index is 0.171. The Kier molecular flexibility index (Phi) is 8.16. The number of nitrogens with zero attached hydrogens (tertiary/aromatic N) is 2. The molecule has 0 radical (unpaired) electrons. The maximum absolute atomic E-state index is 12.8. The summed E-state index contributed by atoms with van der Waals surface area (Å²) in [5, 5.41) is 3.68. The monoisotopic (exact) mass is 473 g/mol. The molecule has 3 aromatic rings.